The van der Waals surface area contributed by atoms with Gasteiger partial charge in [0.05, 0.1) is 0 Å². The van der Waals surface area contributed by atoms with Crippen LogP contribution in [0.3, 0.4) is 0 Å². The molecule has 1 aliphatic rings. The molecule has 0 aromatic carbocycles. The molecule has 0 spiro atoms. The lowest BCUT2D eigenvalue weighted by molar-refractivity contribution is 0.136. The summed E-state index contributed by atoms with van der Waals surface area (Å²) < 4.78 is 12.9. The molecule has 0 aromatic heterocycles. The summed E-state index contributed by atoms with van der Waals surface area (Å²) in [7, 11) is 0. The summed E-state index contributed by atoms with van der Waals surface area (Å²) in [5.41, 5.74) is 0. The number of aliphatic hydroxyl groups excluding tert-OH is 1. The average molecular weight is 147 g/mol. The summed E-state index contributed by atoms with van der Waals surface area (Å²) in [6.07, 6.45) is 0.503. The monoisotopic (exact) mass is 147 g/mol. The lowest BCUT2D eigenvalue weighted by Crippen LogP contribution is -2.19. The molecule has 2 nitrogen and oxygen atoms in total. The zero-order chi connectivity index (χ0) is 7.40. The number of alkyl halides is 1. The van der Waals surface area contributed by atoms with Crippen molar-refractivity contribution in [3.63, 3.8) is 0 Å². The van der Waals surface area contributed by atoms with E-state index in [4.69, 9.17) is 5.11 Å². The Kier molecular flexibility index (Phi) is 3.09. The Morgan fingerprint density at radius 2 is 2.10 bits per heavy atom. The predicted molar refractivity (Wildman–Crippen MR) is 37.6 cm³/mol. The van der Waals surface area contributed by atoms with Crippen molar-refractivity contribution in [1.82, 2.24) is 5.32 Å². The minimum atomic E-state index is -0.806. The van der Waals surface area contributed by atoms with E-state index in [0.717, 1.165) is 19.5 Å². The van der Waals surface area contributed by atoms with E-state index in [1.54, 1.807) is 0 Å². The highest BCUT2D eigenvalue weighted by atomic mass is 19.1. The lowest BCUT2D eigenvalue weighted by Gasteiger charge is -2.13. The van der Waals surface area contributed by atoms with Crippen molar-refractivity contribution < 1.29 is 9.50 Å². The lowest BCUT2D eigenvalue weighted by atomic mass is 10.0. The maximum Gasteiger partial charge on any atom is 0.106 e. The first-order valence-electron chi connectivity index (χ1n) is 3.80. The van der Waals surface area contributed by atoms with Crippen molar-refractivity contribution in [2.24, 2.45) is 5.92 Å². The summed E-state index contributed by atoms with van der Waals surface area (Å²) in [5.74, 6) is -0.130. The molecule has 1 heterocycles. The van der Waals surface area contributed by atoms with Crippen LogP contribution in [0.2, 0.25) is 0 Å². The molecule has 0 amide bonds. The normalized spacial score (nSPS) is 35.4. The summed E-state index contributed by atoms with van der Waals surface area (Å²) in [6.45, 7) is 1.58. The van der Waals surface area contributed by atoms with Gasteiger partial charge in [0.25, 0.3) is 0 Å². The second-order valence-electron chi connectivity index (χ2n) is 2.79. The summed E-state index contributed by atoms with van der Waals surface area (Å²) in [6, 6.07) is 0. The van der Waals surface area contributed by atoms with Crippen molar-refractivity contribution in [3.8, 4) is 0 Å². The molecule has 0 bridgehead atoms. The van der Waals surface area contributed by atoms with Gasteiger partial charge in [0, 0.05) is 12.5 Å². The molecule has 1 aliphatic heterocycles. The molecule has 1 fully saturated rings. The minimum absolute atomic E-state index is 0.0111. The fourth-order valence-corrected chi connectivity index (χ4v) is 1.27. The molecule has 10 heavy (non-hydrogen) atoms. The quantitative estimate of drug-likeness (QED) is 0.559. The van der Waals surface area contributed by atoms with Crippen LogP contribution in [0, 0.1) is 5.92 Å². The largest absolute Gasteiger partial charge is 0.396 e. The number of hydrogen-bond donors (Lipinski definition) is 2. The summed E-state index contributed by atoms with van der Waals surface area (Å²) in [4.78, 5) is 0. The van der Waals surface area contributed by atoms with Gasteiger partial charge in [-0.1, -0.05) is 0 Å². The molecular weight excluding hydrogens is 133 g/mol. The predicted octanol–water partition coefficient (Wildman–Crippen LogP) is 0.316. The molecule has 0 unspecified atom stereocenters. The van der Waals surface area contributed by atoms with Crippen molar-refractivity contribution in [3.05, 3.63) is 0 Å². The smallest absolute Gasteiger partial charge is 0.106 e. The highest BCUT2D eigenvalue weighted by molar-refractivity contribution is 4.74. The molecule has 0 aliphatic carbocycles. The maximum atomic E-state index is 12.9. The van der Waals surface area contributed by atoms with Crippen LogP contribution in [0.5, 0.6) is 0 Å². The van der Waals surface area contributed by atoms with Gasteiger partial charge < -0.3 is 10.4 Å². The van der Waals surface area contributed by atoms with Gasteiger partial charge in [-0.05, 0) is 25.9 Å². The fourth-order valence-electron chi connectivity index (χ4n) is 1.27. The molecule has 1 saturated heterocycles. The molecule has 2 N–H and O–H groups in total. The van der Waals surface area contributed by atoms with Gasteiger partial charge in [-0.25, -0.2) is 4.39 Å². The Morgan fingerprint density at radius 3 is 2.80 bits per heavy atom. The molecule has 0 saturated carbocycles. The highest BCUT2D eigenvalue weighted by Crippen LogP contribution is 2.16. The Labute approximate surface area is 60.4 Å². The molecule has 0 aromatic rings. The van der Waals surface area contributed by atoms with Crippen LogP contribution in [0.1, 0.15) is 12.8 Å². The van der Waals surface area contributed by atoms with E-state index >= 15 is 0 Å². The van der Waals surface area contributed by atoms with E-state index in [2.05, 4.69) is 5.32 Å². The second kappa shape index (κ2) is 3.88. The van der Waals surface area contributed by atoms with E-state index in [9.17, 15) is 4.39 Å². The van der Waals surface area contributed by atoms with Gasteiger partial charge in [0.2, 0.25) is 0 Å². The first kappa shape index (κ1) is 7.95. The van der Waals surface area contributed by atoms with Crippen LogP contribution in [-0.2, 0) is 0 Å². The third-order valence-electron chi connectivity index (χ3n) is 2.03. The molecular formula is C7H14FNO. The number of rotatable bonds is 1. The van der Waals surface area contributed by atoms with Gasteiger partial charge in [-0.3, -0.25) is 0 Å². The average Bonchev–Trinajstić information content (AvgIpc) is 2.13. The van der Waals surface area contributed by atoms with Crippen LogP contribution in [0.25, 0.3) is 0 Å². The van der Waals surface area contributed by atoms with Crippen LogP contribution < -0.4 is 5.32 Å². The Hall–Kier alpha value is -0.150. The Bertz CT molecular complexity index is 99.6. The second-order valence-corrected chi connectivity index (χ2v) is 2.79. The molecule has 1 rings (SSSR count). The van der Waals surface area contributed by atoms with E-state index < -0.39 is 6.17 Å². The standard InChI is InChI=1S/C7H14FNO/c8-7-2-4-9-3-1-6(7)5-10/h6-7,9-10H,1-5H2/t6-,7-/m1/s1. The first-order chi connectivity index (χ1) is 4.84. The van der Waals surface area contributed by atoms with Gasteiger partial charge in [-0.2, -0.15) is 0 Å². The van der Waals surface area contributed by atoms with E-state index in [1.807, 2.05) is 0 Å². The van der Waals surface area contributed by atoms with Crippen molar-refractivity contribution in [2.75, 3.05) is 19.7 Å². The van der Waals surface area contributed by atoms with Gasteiger partial charge in [-0.15, -0.1) is 0 Å². The van der Waals surface area contributed by atoms with Crippen molar-refractivity contribution >= 4 is 0 Å². The number of halogens is 1. The first-order valence-corrected chi connectivity index (χ1v) is 3.80. The molecule has 0 radical (unpaired) electrons. The van der Waals surface area contributed by atoms with Gasteiger partial charge in [0.1, 0.15) is 6.17 Å². The maximum absolute atomic E-state index is 12.9. The van der Waals surface area contributed by atoms with Crippen LogP contribution in [-0.4, -0.2) is 31.0 Å². The highest BCUT2D eigenvalue weighted by Gasteiger charge is 2.21. The third kappa shape index (κ3) is 1.92. The number of nitrogens with one attached hydrogen (secondary N) is 1. The fraction of sp³-hybridized carbons (Fsp3) is 1.00. The Morgan fingerprint density at radius 1 is 1.40 bits per heavy atom. The van der Waals surface area contributed by atoms with Gasteiger partial charge in [0.15, 0.2) is 0 Å². The zero-order valence-corrected chi connectivity index (χ0v) is 6.02. The molecule has 2 atom stereocenters. The van der Waals surface area contributed by atoms with E-state index in [-0.39, 0.29) is 12.5 Å². The van der Waals surface area contributed by atoms with E-state index in [1.165, 1.54) is 0 Å². The molecule has 60 valence electrons. The third-order valence-corrected chi connectivity index (χ3v) is 2.03. The van der Waals surface area contributed by atoms with Crippen LogP contribution >= 0.6 is 0 Å². The number of aliphatic hydroxyl groups is 1. The number of hydrogen-bond acceptors (Lipinski definition) is 2. The molecule has 3 heteroatoms. The van der Waals surface area contributed by atoms with Crippen LogP contribution in [0.4, 0.5) is 4.39 Å². The topological polar surface area (TPSA) is 32.3 Å². The Balaban J connectivity index is 2.35. The summed E-state index contributed by atoms with van der Waals surface area (Å²) >= 11 is 0. The van der Waals surface area contributed by atoms with Crippen molar-refractivity contribution in [2.45, 2.75) is 19.0 Å². The minimum Gasteiger partial charge on any atom is -0.396 e. The summed E-state index contributed by atoms with van der Waals surface area (Å²) in [5, 5.41) is 11.8. The van der Waals surface area contributed by atoms with Crippen molar-refractivity contribution in [1.29, 1.82) is 0 Å². The van der Waals surface area contributed by atoms with E-state index in [0.29, 0.717) is 6.42 Å². The van der Waals surface area contributed by atoms with Gasteiger partial charge >= 0.3 is 0 Å². The van der Waals surface area contributed by atoms with Crippen LogP contribution in [0.15, 0.2) is 0 Å². The zero-order valence-electron chi connectivity index (χ0n) is 6.02. The SMILES string of the molecule is OC[C@H]1CCNCC[C@H]1F.